The molecular formula is C35H46Cl2F2N6O4. The van der Waals surface area contributed by atoms with Gasteiger partial charge < -0.3 is 25.6 Å². The third-order valence-corrected chi connectivity index (χ3v) is 10.8. The molecule has 3 aromatic rings. The first-order valence-electron chi connectivity index (χ1n) is 17.0. The maximum absolute atomic E-state index is 17.0. The minimum atomic E-state index is -0.908. The van der Waals surface area contributed by atoms with Gasteiger partial charge in [0.15, 0.2) is 5.82 Å². The van der Waals surface area contributed by atoms with E-state index in [1.807, 2.05) is 11.8 Å². The van der Waals surface area contributed by atoms with E-state index >= 15 is 4.39 Å². The highest BCUT2D eigenvalue weighted by Gasteiger charge is 2.49. The molecule has 0 spiro atoms. The predicted octanol–water partition coefficient (Wildman–Crippen LogP) is 6.33. The molecule has 1 aromatic carbocycles. The Labute approximate surface area is 297 Å². The fraction of sp³-hybridized carbons (Fsp3) is 0.600. The number of phenolic OH excluding ortho intramolecular Hbond substituents is 1. The summed E-state index contributed by atoms with van der Waals surface area (Å²) in [4.78, 5) is 29.5. The predicted molar refractivity (Wildman–Crippen MR) is 189 cm³/mol. The Bertz CT molecular complexity index is 1700. The lowest BCUT2D eigenvalue weighted by atomic mass is 9.77. The number of carboxylic acid groups (broad SMARTS) is 1. The van der Waals surface area contributed by atoms with E-state index in [1.54, 1.807) is 18.3 Å². The van der Waals surface area contributed by atoms with Crippen LogP contribution in [0.2, 0.25) is 0 Å². The molecule has 10 nitrogen and oxygen atoms in total. The molecule has 5 heterocycles. The maximum Gasteiger partial charge on any atom is 0.319 e. The second kappa shape index (κ2) is 14.7. The van der Waals surface area contributed by atoms with E-state index in [0.717, 1.165) is 62.6 Å². The van der Waals surface area contributed by atoms with Crippen LogP contribution in [-0.2, 0) is 11.2 Å². The van der Waals surface area contributed by atoms with Gasteiger partial charge in [-0.2, -0.15) is 9.97 Å². The van der Waals surface area contributed by atoms with Crippen LogP contribution in [0.5, 0.6) is 11.8 Å². The Morgan fingerprint density at radius 3 is 2.73 bits per heavy atom. The number of piperidine rings is 1. The number of carbonyl (C=O) groups is 1. The van der Waals surface area contributed by atoms with Crippen molar-refractivity contribution < 1.29 is 28.5 Å². The molecule has 268 valence electrons. The smallest absolute Gasteiger partial charge is 0.319 e. The highest BCUT2D eigenvalue weighted by molar-refractivity contribution is 5.92. The zero-order valence-electron chi connectivity index (χ0n) is 27.8. The summed E-state index contributed by atoms with van der Waals surface area (Å²) in [5, 5.41) is 20.4. The molecule has 3 saturated heterocycles. The van der Waals surface area contributed by atoms with Crippen LogP contribution in [0.3, 0.4) is 0 Å². The van der Waals surface area contributed by atoms with Crippen molar-refractivity contribution >= 4 is 47.5 Å². The Kier molecular flexibility index (Phi) is 11.1. The number of rotatable bonds is 9. The monoisotopic (exact) mass is 722 g/mol. The molecule has 3 aliphatic heterocycles. The number of nitrogens with two attached hydrogens (primary N) is 1. The molecule has 14 heteroatoms. The number of halogens is 4. The molecule has 4 atom stereocenters. The molecule has 0 amide bonds. The molecule has 4 N–H and O–H groups in total. The highest BCUT2D eigenvalue weighted by Crippen LogP contribution is 2.45. The lowest BCUT2D eigenvalue weighted by Crippen LogP contribution is -2.52. The van der Waals surface area contributed by atoms with Crippen LogP contribution >= 0.6 is 24.8 Å². The number of nitrogens with zero attached hydrogens (tertiary/aromatic N) is 5. The van der Waals surface area contributed by atoms with E-state index in [-0.39, 0.29) is 66.7 Å². The van der Waals surface area contributed by atoms with E-state index < -0.39 is 29.0 Å². The quantitative estimate of drug-likeness (QED) is 0.230. The molecule has 0 radical (unpaired) electrons. The van der Waals surface area contributed by atoms with Gasteiger partial charge in [-0.25, -0.2) is 8.78 Å². The molecule has 0 saturated carbocycles. The number of carboxylic acids is 1. The van der Waals surface area contributed by atoms with Crippen molar-refractivity contribution in [1.82, 2.24) is 19.9 Å². The molecule has 2 aromatic heterocycles. The summed E-state index contributed by atoms with van der Waals surface area (Å²) in [5.74, 6) is -0.947. The number of benzene rings is 1. The molecule has 49 heavy (non-hydrogen) atoms. The number of anilines is 1. The molecule has 1 aliphatic carbocycles. The van der Waals surface area contributed by atoms with Gasteiger partial charge in [-0.1, -0.05) is 0 Å². The van der Waals surface area contributed by atoms with Crippen LogP contribution < -0.4 is 15.4 Å². The Morgan fingerprint density at radius 1 is 1.16 bits per heavy atom. The van der Waals surface area contributed by atoms with Gasteiger partial charge in [0.1, 0.15) is 35.6 Å². The average Bonchev–Trinajstić information content (AvgIpc) is 3.54. The standard InChI is InChI=1S/C35H44F2N6O4.2ClH/c1-34(38)10-4-12-42(19-34)32-26-17-39-30(25-15-24(44)14-22-8-2-6-21(28(22)25)7-3-9-27(45)46)29(37)31(26)40-33(41-32)47-20-35-11-5-13-43(35)18-23(36)16-35;;/h14-15,17,21,23,44H,2-13,16,18-20,38H2,1H3,(H,45,46);2*1H/t21?,23-,34-,35+;;/m1../s1. The van der Waals surface area contributed by atoms with Crippen LogP contribution in [-0.4, -0.2) is 86.1 Å². The third kappa shape index (κ3) is 7.38. The Morgan fingerprint density at radius 2 is 1.96 bits per heavy atom. The lowest BCUT2D eigenvalue weighted by molar-refractivity contribution is -0.137. The first-order chi connectivity index (χ1) is 22.5. The number of phenols is 1. The number of ether oxygens (including phenoxy) is 1. The van der Waals surface area contributed by atoms with E-state index in [9.17, 15) is 19.4 Å². The Hall–Kier alpha value is -3.06. The SMILES string of the molecule is C[C@@]1(N)CCCN(c2nc(OC[C@@]34CCCN3C[C@H](F)C4)nc3c(F)c(-c4cc(O)cc5c4C(CCCC(=O)O)CCC5)ncc23)C1.Cl.Cl. The lowest BCUT2D eigenvalue weighted by Gasteiger charge is -2.39. The van der Waals surface area contributed by atoms with Gasteiger partial charge in [-0.15, -0.1) is 24.8 Å². The number of alkyl halides is 1. The van der Waals surface area contributed by atoms with Gasteiger partial charge in [-0.3, -0.25) is 14.7 Å². The number of aryl methyl sites for hydroxylation is 1. The number of pyridine rings is 1. The van der Waals surface area contributed by atoms with Gasteiger partial charge in [0.05, 0.1) is 10.9 Å². The number of aromatic nitrogens is 3. The van der Waals surface area contributed by atoms with E-state index in [2.05, 4.69) is 14.9 Å². The van der Waals surface area contributed by atoms with Crippen LogP contribution in [0.4, 0.5) is 14.6 Å². The second-order valence-electron chi connectivity index (χ2n) is 14.5. The topological polar surface area (TPSA) is 138 Å². The summed E-state index contributed by atoms with van der Waals surface area (Å²) in [5.41, 5.74) is 8.16. The van der Waals surface area contributed by atoms with Crippen LogP contribution in [0, 0.1) is 5.82 Å². The van der Waals surface area contributed by atoms with Crippen LogP contribution in [0.15, 0.2) is 18.3 Å². The summed E-state index contributed by atoms with van der Waals surface area (Å²) in [6.45, 7) is 4.62. The number of hydrogen-bond donors (Lipinski definition) is 3. The molecule has 7 rings (SSSR count). The largest absolute Gasteiger partial charge is 0.508 e. The fourth-order valence-electron chi connectivity index (χ4n) is 8.66. The molecule has 4 aliphatic rings. The maximum atomic E-state index is 17.0. The second-order valence-corrected chi connectivity index (χ2v) is 14.5. The van der Waals surface area contributed by atoms with Crippen LogP contribution in [0.25, 0.3) is 22.2 Å². The van der Waals surface area contributed by atoms with Crippen molar-refractivity contribution in [3.8, 4) is 23.0 Å². The normalized spacial score (nSPS) is 26.5. The van der Waals surface area contributed by atoms with Gasteiger partial charge in [0.25, 0.3) is 0 Å². The van der Waals surface area contributed by atoms with Gasteiger partial charge in [-0.05, 0) is 100 Å². The zero-order valence-corrected chi connectivity index (χ0v) is 29.4. The van der Waals surface area contributed by atoms with E-state index in [4.69, 9.17) is 15.5 Å². The summed E-state index contributed by atoms with van der Waals surface area (Å²) in [6.07, 6.45) is 8.25. The number of aliphatic carboxylic acids is 1. The summed E-state index contributed by atoms with van der Waals surface area (Å²) in [7, 11) is 0. The van der Waals surface area contributed by atoms with E-state index in [1.165, 1.54) is 0 Å². The van der Waals surface area contributed by atoms with Crippen molar-refractivity contribution in [2.75, 3.05) is 37.7 Å². The minimum absolute atomic E-state index is 0. The number of aromatic hydroxyl groups is 1. The van der Waals surface area contributed by atoms with E-state index in [0.29, 0.717) is 55.7 Å². The Balaban J connectivity index is 0.00000234. The minimum Gasteiger partial charge on any atom is -0.508 e. The fourth-order valence-corrected chi connectivity index (χ4v) is 8.66. The third-order valence-electron chi connectivity index (χ3n) is 10.8. The zero-order chi connectivity index (χ0) is 32.9. The van der Waals surface area contributed by atoms with Crippen LogP contribution in [0.1, 0.15) is 88.2 Å². The molecule has 0 bridgehead atoms. The molecule has 1 unspecified atom stereocenters. The van der Waals surface area contributed by atoms with Crippen molar-refractivity contribution in [3.63, 3.8) is 0 Å². The number of fused-ring (bicyclic) bond motifs is 3. The molecule has 3 fully saturated rings. The first kappa shape index (κ1) is 37.2. The summed E-state index contributed by atoms with van der Waals surface area (Å²) in [6, 6.07) is 3.31. The van der Waals surface area contributed by atoms with Gasteiger partial charge >= 0.3 is 12.0 Å². The molecular weight excluding hydrogens is 677 g/mol. The van der Waals surface area contributed by atoms with Crippen molar-refractivity contribution in [1.29, 1.82) is 0 Å². The highest BCUT2D eigenvalue weighted by atomic mass is 35.5. The van der Waals surface area contributed by atoms with Gasteiger partial charge in [0, 0.05) is 49.8 Å². The van der Waals surface area contributed by atoms with Crippen molar-refractivity contribution in [3.05, 3.63) is 35.3 Å². The number of hydrogen-bond acceptors (Lipinski definition) is 9. The van der Waals surface area contributed by atoms with Crippen molar-refractivity contribution in [2.24, 2.45) is 5.73 Å². The summed E-state index contributed by atoms with van der Waals surface area (Å²) >= 11 is 0. The first-order valence-corrected chi connectivity index (χ1v) is 17.0. The van der Waals surface area contributed by atoms with Crippen molar-refractivity contribution in [2.45, 2.75) is 101 Å². The summed E-state index contributed by atoms with van der Waals surface area (Å²) < 4.78 is 37.7. The van der Waals surface area contributed by atoms with Gasteiger partial charge in [0.2, 0.25) is 0 Å². The average molecular weight is 724 g/mol.